The Kier molecular flexibility index (Phi) is 4.72. The molecule has 0 aliphatic carbocycles. The minimum atomic E-state index is 0.0727. The number of benzene rings is 1. The van der Waals surface area contributed by atoms with Crippen molar-refractivity contribution in [1.29, 1.82) is 0 Å². The normalized spacial score (nSPS) is 17.9. The van der Waals surface area contributed by atoms with Crippen LogP contribution in [0, 0.1) is 5.92 Å². The molecule has 0 N–H and O–H groups in total. The van der Waals surface area contributed by atoms with Crippen LogP contribution in [0.5, 0.6) is 0 Å². The number of hydrogen-bond donors (Lipinski definition) is 0. The molecular weight excluding hydrogens is 236 g/mol. The predicted octanol–water partition coefficient (Wildman–Crippen LogP) is 2.27. The fourth-order valence-electron chi connectivity index (χ4n) is 2.37. The van der Waals surface area contributed by atoms with Gasteiger partial charge in [0.05, 0.1) is 0 Å². The zero-order valence-corrected chi connectivity index (χ0v) is 12.2. The third-order valence-electron chi connectivity index (χ3n) is 3.76. The lowest BCUT2D eigenvalue weighted by Gasteiger charge is -2.32. The fourth-order valence-corrected chi connectivity index (χ4v) is 2.37. The number of nitrogens with zero attached hydrogens (tertiary/aromatic N) is 2. The molecular formula is C16H24N2O. The van der Waals surface area contributed by atoms with Crippen LogP contribution in [0.1, 0.15) is 29.8 Å². The monoisotopic (exact) mass is 260 g/mol. The summed E-state index contributed by atoms with van der Waals surface area (Å²) >= 11 is 0. The summed E-state index contributed by atoms with van der Waals surface area (Å²) in [6.45, 7) is 9.42. The Hall–Kier alpha value is -1.19. The maximum atomic E-state index is 11.9. The van der Waals surface area contributed by atoms with Crippen molar-refractivity contribution in [1.82, 2.24) is 9.80 Å². The van der Waals surface area contributed by atoms with Crippen molar-refractivity contribution in [2.24, 2.45) is 5.92 Å². The lowest BCUT2D eigenvalue weighted by Crippen LogP contribution is -2.43. The van der Waals surface area contributed by atoms with E-state index < -0.39 is 0 Å². The highest BCUT2D eigenvalue weighted by molar-refractivity contribution is 5.97. The molecule has 1 aromatic rings. The Balaban J connectivity index is 1.93. The summed E-state index contributed by atoms with van der Waals surface area (Å²) in [5.74, 6) is 0.301. The molecule has 0 aromatic heterocycles. The number of piperazine rings is 1. The van der Waals surface area contributed by atoms with Gasteiger partial charge in [-0.1, -0.05) is 38.1 Å². The van der Waals surface area contributed by atoms with Crippen molar-refractivity contribution in [2.75, 3.05) is 33.2 Å². The number of likely N-dealkylation sites (N-methyl/N-ethyl adjacent to an activating group) is 1. The number of rotatable bonds is 4. The van der Waals surface area contributed by atoms with E-state index >= 15 is 0 Å². The fraction of sp³-hybridized carbons (Fsp3) is 0.562. The summed E-state index contributed by atoms with van der Waals surface area (Å²) in [7, 11) is 2.17. The Bertz CT molecular complexity index is 417. The first-order chi connectivity index (χ1) is 9.06. The average molecular weight is 260 g/mol. The molecule has 1 saturated heterocycles. The maximum Gasteiger partial charge on any atom is 0.165 e. The van der Waals surface area contributed by atoms with Gasteiger partial charge in [-0.2, -0.15) is 0 Å². The first-order valence-corrected chi connectivity index (χ1v) is 7.10. The third kappa shape index (κ3) is 3.88. The molecule has 0 saturated carbocycles. The molecule has 3 nitrogen and oxygen atoms in total. The van der Waals surface area contributed by atoms with E-state index in [-0.39, 0.29) is 11.7 Å². The lowest BCUT2D eigenvalue weighted by molar-refractivity contribution is 0.0939. The van der Waals surface area contributed by atoms with Gasteiger partial charge in [-0.05, 0) is 12.6 Å². The summed E-state index contributed by atoms with van der Waals surface area (Å²) in [6, 6.07) is 8.11. The quantitative estimate of drug-likeness (QED) is 0.776. The number of Topliss-reactive ketones (excluding diaryl/α,β-unsaturated/α-hetero) is 1. The average Bonchev–Trinajstić information content (AvgIpc) is 2.41. The summed E-state index contributed by atoms with van der Waals surface area (Å²) in [4.78, 5) is 16.7. The van der Waals surface area contributed by atoms with Crippen molar-refractivity contribution < 1.29 is 4.79 Å². The van der Waals surface area contributed by atoms with Gasteiger partial charge in [0.25, 0.3) is 0 Å². The summed E-state index contributed by atoms with van der Waals surface area (Å²) in [5.41, 5.74) is 2.13. The van der Waals surface area contributed by atoms with Crippen LogP contribution in [0.3, 0.4) is 0 Å². The van der Waals surface area contributed by atoms with Crippen molar-refractivity contribution >= 4 is 5.78 Å². The van der Waals surface area contributed by atoms with Gasteiger partial charge in [0.1, 0.15) is 0 Å². The largest absolute Gasteiger partial charge is 0.304 e. The Morgan fingerprint density at radius 1 is 1.11 bits per heavy atom. The Labute approximate surface area is 116 Å². The second-order valence-electron chi connectivity index (χ2n) is 5.80. The van der Waals surface area contributed by atoms with Crippen LogP contribution in [0.15, 0.2) is 24.3 Å². The first kappa shape index (κ1) is 14.2. The topological polar surface area (TPSA) is 23.6 Å². The van der Waals surface area contributed by atoms with Crippen LogP contribution >= 0.6 is 0 Å². The standard InChI is InChI=1S/C16H24N2O/c1-13(2)16(19)15-6-4-14(5-7-15)12-18-10-8-17(3)9-11-18/h4-7,13H,8-12H2,1-3H3. The zero-order valence-electron chi connectivity index (χ0n) is 12.2. The summed E-state index contributed by atoms with van der Waals surface area (Å²) in [6.07, 6.45) is 0. The van der Waals surface area contributed by atoms with Gasteiger partial charge in [0.15, 0.2) is 5.78 Å². The predicted molar refractivity (Wildman–Crippen MR) is 78.4 cm³/mol. The lowest BCUT2D eigenvalue weighted by atomic mass is 10.00. The van der Waals surface area contributed by atoms with Gasteiger partial charge < -0.3 is 4.90 Å². The van der Waals surface area contributed by atoms with Gasteiger partial charge in [-0.3, -0.25) is 9.69 Å². The molecule has 1 aliphatic rings. The van der Waals surface area contributed by atoms with Crippen molar-refractivity contribution in [3.8, 4) is 0 Å². The molecule has 0 bridgehead atoms. The molecule has 0 unspecified atom stereocenters. The van der Waals surface area contributed by atoms with Crippen LogP contribution in [-0.4, -0.2) is 48.8 Å². The van der Waals surface area contributed by atoms with E-state index in [0.717, 1.165) is 38.3 Å². The van der Waals surface area contributed by atoms with Gasteiger partial charge in [0, 0.05) is 44.2 Å². The molecule has 3 heteroatoms. The van der Waals surface area contributed by atoms with Gasteiger partial charge >= 0.3 is 0 Å². The molecule has 1 heterocycles. The van der Waals surface area contributed by atoms with E-state index in [1.165, 1.54) is 5.56 Å². The second kappa shape index (κ2) is 6.31. The number of hydrogen-bond acceptors (Lipinski definition) is 3. The number of carbonyl (C=O) groups is 1. The molecule has 2 rings (SSSR count). The second-order valence-corrected chi connectivity index (χ2v) is 5.80. The van der Waals surface area contributed by atoms with E-state index in [1.54, 1.807) is 0 Å². The molecule has 0 amide bonds. The van der Waals surface area contributed by atoms with E-state index in [0.29, 0.717) is 0 Å². The van der Waals surface area contributed by atoms with Gasteiger partial charge in [0.2, 0.25) is 0 Å². The van der Waals surface area contributed by atoms with Crippen LogP contribution < -0.4 is 0 Å². The molecule has 1 aliphatic heterocycles. The zero-order chi connectivity index (χ0) is 13.8. The third-order valence-corrected chi connectivity index (χ3v) is 3.76. The highest BCUT2D eigenvalue weighted by Crippen LogP contribution is 2.12. The van der Waals surface area contributed by atoms with E-state index in [2.05, 4.69) is 29.0 Å². The Morgan fingerprint density at radius 3 is 2.21 bits per heavy atom. The summed E-state index contributed by atoms with van der Waals surface area (Å²) in [5, 5.41) is 0. The van der Waals surface area contributed by atoms with E-state index in [9.17, 15) is 4.79 Å². The minimum Gasteiger partial charge on any atom is -0.304 e. The van der Waals surface area contributed by atoms with Crippen molar-refractivity contribution in [2.45, 2.75) is 20.4 Å². The molecule has 104 valence electrons. The molecule has 1 aromatic carbocycles. The van der Waals surface area contributed by atoms with Crippen LogP contribution in [0.4, 0.5) is 0 Å². The van der Waals surface area contributed by atoms with Gasteiger partial charge in [-0.25, -0.2) is 0 Å². The van der Waals surface area contributed by atoms with E-state index in [1.807, 2.05) is 26.0 Å². The SMILES string of the molecule is CC(C)C(=O)c1ccc(CN2CCN(C)CC2)cc1. The van der Waals surface area contributed by atoms with Crippen LogP contribution in [0.25, 0.3) is 0 Å². The highest BCUT2D eigenvalue weighted by Gasteiger charge is 2.14. The molecule has 0 atom stereocenters. The molecule has 0 spiro atoms. The van der Waals surface area contributed by atoms with Crippen LogP contribution in [0.2, 0.25) is 0 Å². The maximum absolute atomic E-state index is 11.9. The molecule has 19 heavy (non-hydrogen) atoms. The number of carbonyl (C=O) groups excluding carboxylic acids is 1. The smallest absolute Gasteiger partial charge is 0.165 e. The molecule has 0 radical (unpaired) electrons. The first-order valence-electron chi connectivity index (χ1n) is 7.10. The van der Waals surface area contributed by atoms with Crippen molar-refractivity contribution in [3.05, 3.63) is 35.4 Å². The molecule has 1 fully saturated rings. The Morgan fingerprint density at radius 2 is 1.68 bits per heavy atom. The number of ketones is 1. The highest BCUT2D eigenvalue weighted by atomic mass is 16.1. The minimum absolute atomic E-state index is 0.0727. The van der Waals surface area contributed by atoms with Crippen LogP contribution in [-0.2, 0) is 6.54 Å². The summed E-state index contributed by atoms with van der Waals surface area (Å²) < 4.78 is 0. The van der Waals surface area contributed by atoms with E-state index in [4.69, 9.17) is 0 Å². The van der Waals surface area contributed by atoms with Crippen molar-refractivity contribution in [3.63, 3.8) is 0 Å². The van der Waals surface area contributed by atoms with Gasteiger partial charge in [-0.15, -0.1) is 0 Å².